The number of hydrogen-bond acceptors (Lipinski definition) is 4. The number of pyridine rings is 1. The number of nitrogens with zero attached hydrogens (tertiary/aromatic N) is 2. The van der Waals surface area contributed by atoms with Gasteiger partial charge in [0.15, 0.2) is 0 Å². The Balaban J connectivity index is 2.00. The van der Waals surface area contributed by atoms with Crippen LogP contribution in [0.4, 0.5) is 5.82 Å². The van der Waals surface area contributed by atoms with E-state index in [1.54, 1.807) is 6.20 Å². The molecule has 1 saturated carbocycles. The van der Waals surface area contributed by atoms with Gasteiger partial charge in [-0.3, -0.25) is 4.79 Å². The fraction of sp³-hybridized carbons (Fsp3) is 0.375. The summed E-state index contributed by atoms with van der Waals surface area (Å²) in [4.78, 5) is 19.0. The van der Waals surface area contributed by atoms with Crippen LogP contribution in [0.3, 0.4) is 0 Å². The molecule has 1 aliphatic rings. The number of nitrogen functional groups attached to an aromatic ring is 1. The highest BCUT2D eigenvalue weighted by atomic mass is 16.2. The quantitative estimate of drug-likeness (QED) is 0.653. The van der Waals surface area contributed by atoms with Crippen LogP contribution in [0.1, 0.15) is 30.1 Å². The minimum Gasteiger partial charge on any atom is -0.339 e. The number of rotatable bonds is 5. The van der Waals surface area contributed by atoms with Gasteiger partial charge in [-0.05, 0) is 31.1 Å². The zero-order valence-electron chi connectivity index (χ0n) is 12.2. The summed E-state index contributed by atoms with van der Waals surface area (Å²) in [5, 5.41) is 1.76. The summed E-state index contributed by atoms with van der Waals surface area (Å²) in [6, 6.07) is 7.71. The van der Waals surface area contributed by atoms with Gasteiger partial charge in [0.05, 0.1) is 5.56 Å². The topological polar surface area (TPSA) is 71.2 Å². The molecule has 110 valence electrons. The zero-order chi connectivity index (χ0) is 14.8. The van der Waals surface area contributed by atoms with Gasteiger partial charge in [0, 0.05) is 24.7 Å². The lowest BCUT2D eigenvalue weighted by molar-refractivity contribution is 0.0758. The first-order valence-corrected chi connectivity index (χ1v) is 7.38. The summed E-state index contributed by atoms with van der Waals surface area (Å²) in [6.07, 6.45) is 4.09. The first-order valence-electron chi connectivity index (χ1n) is 7.38. The van der Waals surface area contributed by atoms with Crippen molar-refractivity contribution in [2.24, 2.45) is 11.8 Å². The lowest BCUT2D eigenvalue weighted by Gasteiger charge is -2.21. The van der Waals surface area contributed by atoms with Crippen molar-refractivity contribution < 1.29 is 4.79 Å². The van der Waals surface area contributed by atoms with E-state index in [1.807, 2.05) is 36.1 Å². The lowest BCUT2D eigenvalue weighted by Crippen LogP contribution is -2.33. The first kappa shape index (κ1) is 13.8. The second-order valence-corrected chi connectivity index (χ2v) is 5.50. The summed E-state index contributed by atoms with van der Waals surface area (Å²) in [5.74, 6) is 6.82. The van der Waals surface area contributed by atoms with E-state index in [2.05, 4.69) is 10.4 Å². The molecule has 0 atom stereocenters. The van der Waals surface area contributed by atoms with Gasteiger partial charge in [0.25, 0.3) is 5.91 Å². The second kappa shape index (κ2) is 5.69. The number of benzene rings is 1. The molecule has 0 radical (unpaired) electrons. The van der Waals surface area contributed by atoms with Crippen molar-refractivity contribution in [2.75, 3.05) is 18.5 Å². The Morgan fingerprint density at radius 1 is 1.38 bits per heavy atom. The maximum Gasteiger partial charge on any atom is 0.256 e. The van der Waals surface area contributed by atoms with Crippen LogP contribution in [0.2, 0.25) is 0 Å². The van der Waals surface area contributed by atoms with E-state index in [0.717, 1.165) is 23.9 Å². The molecule has 5 heteroatoms. The van der Waals surface area contributed by atoms with Crippen LogP contribution in [-0.4, -0.2) is 28.9 Å². The van der Waals surface area contributed by atoms with Crippen molar-refractivity contribution in [3.8, 4) is 0 Å². The molecule has 0 bridgehead atoms. The van der Waals surface area contributed by atoms with Crippen LogP contribution in [-0.2, 0) is 0 Å². The Morgan fingerprint density at radius 2 is 2.10 bits per heavy atom. The Kier molecular flexibility index (Phi) is 3.75. The van der Waals surface area contributed by atoms with Crippen molar-refractivity contribution in [2.45, 2.75) is 19.8 Å². The number of aromatic nitrogens is 1. The van der Waals surface area contributed by atoms with E-state index in [-0.39, 0.29) is 5.91 Å². The third-order valence-corrected chi connectivity index (χ3v) is 4.01. The number of amides is 1. The van der Waals surface area contributed by atoms with Gasteiger partial charge in [-0.2, -0.15) is 0 Å². The van der Waals surface area contributed by atoms with Crippen LogP contribution in [0.25, 0.3) is 10.8 Å². The molecule has 3 rings (SSSR count). The molecule has 0 unspecified atom stereocenters. The molecule has 5 nitrogen and oxygen atoms in total. The van der Waals surface area contributed by atoms with Gasteiger partial charge in [-0.1, -0.05) is 24.3 Å². The van der Waals surface area contributed by atoms with E-state index >= 15 is 0 Å². The minimum absolute atomic E-state index is 0.0525. The predicted octanol–water partition coefficient (Wildman–Crippen LogP) is 2.39. The number of anilines is 1. The molecule has 3 N–H and O–H groups in total. The lowest BCUT2D eigenvalue weighted by atomic mass is 10.1. The van der Waals surface area contributed by atoms with Crippen molar-refractivity contribution in [3.05, 3.63) is 36.0 Å². The third-order valence-electron chi connectivity index (χ3n) is 4.01. The smallest absolute Gasteiger partial charge is 0.256 e. The van der Waals surface area contributed by atoms with Crippen LogP contribution in [0, 0.1) is 5.92 Å². The SMILES string of the molecule is CCN(CC1CC1)C(=O)c1cnc(NN)c2ccccc12. The highest BCUT2D eigenvalue weighted by Gasteiger charge is 2.27. The average Bonchev–Trinajstić information content (AvgIpc) is 3.35. The van der Waals surface area contributed by atoms with Crippen molar-refractivity contribution >= 4 is 22.5 Å². The van der Waals surface area contributed by atoms with Gasteiger partial charge >= 0.3 is 0 Å². The Hall–Kier alpha value is -2.14. The molecule has 0 saturated heterocycles. The number of fused-ring (bicyclic) bond motifs is 1. The summed E-state index contributed by atoms with van der Waals surface area (Å²) >= 11 is 0. The molecular formula is C16H20N4O. The molecule has 1 fully saturated rings. The fourth-order valence-corrected chi connectivity index (χ4v) is 2.62. The van der Waals surface area contributed by atoms with Gasteiger partial charge in [0.2, 0.25) is 0 Å². The van der Waals surface area contributed by atoms with Crippen molar-refractivity contribution in [1.29, 1.82) is 0 Å². The van der Waals surface area contributed by atoms with Crippen molar-refractivity contribution in [3.63, 3.8) is 0 Å². The molecule has 1 amide bonds. The normalized spacial score (nSPS) is 14.2. The van der Waals surface area contributed by atoms with E-state index in [1.165, 1.54) is 12.8 Å². The van der Waals surface area contributed by atoms with E-state index in [4.69, 9.17) is 5.84 Å². The zero-order valence-corrected chi connectivity index (χ0v) is 12.2. The Bertz CT molecular complexity index is 666. The number of carbonyl (C=O) groups excluding carboxylic acids is 1. The average molecular weight is 284 g/mol. The van der Waals surface area contributed by atoms with Crippen molar-refractivity contribution in [1.82, 2.24) is 9.88 Å². The van der Waals surface area contributed by atoms with Crippen LogP contribution in [0.5, 0.6) is 0 Å². The van der Waals surface area contributed by atoms with Gasteiger partial charge < -0.3 is 10.3 Å². The largest absolute Gasteiger partial charge is 0.339 e. The van der Waals surface area contributed by atoms with E-state index < -0.39 is 0 Å². The molecule has 2 aromatic rings. The monoisotopic (exact) mass is 284 g/mol. The molecule has 0 aliphatic heterocycles. The summed E-state index contributed by atoms with van der Waals surface area (Å²) in [7, 11) is 0. The molecular weight excluding hydrogens is 264 g/mol. The molecule has 1 aromatic carbocycles. The maximum atomic E-state index is 12.8. The predicted molar refractivity (Wildman–Crippen MR) is 83.9 cm³/mol. The molecule has 0 spiro atoms. The van der Waals surface area contributed by atoms with Gasteiger partial charge in [-0.15, -0.1) is 0 Å². The molecule has 1 aromatic heterocycles. The Labute approximate surface area is 124 Å². The number of carbonyl (C=O) groups is 1. The minimum atomic E-state index is 0.0525. The standard InChI is InChI=1S/C16H20N4O/c1-2-20(10-11-7-8-11)16(21)14-9-18-15(19-17)13-6-4-3-5-12(13)14/h3-6,9,11H,2,7-8,10,17H2,1H3,(H,18,19). The van der Waals surface area contributed by atoms with Crippen LogP contribution >= 0.6 is 0 Å². The number of nitrogens with one attached hydrogen (secondary N) is 1. The highest BCUT2D eigenvalue weighted by Crippen LogP contribution is 2.31. The summed E-state index contributed by atoms with van der Waals surface area (Å²) in [6.45, 7) is 3.59. The fourth-order valence-electron chi connectivity index (χ4n) is 2.62. The third kappa shape index (κ3) is 2.69. The number of hydrazine groups is 1. The number of nitrogens with two attached hydrogens (primary N) is 1. The molecule has 1 heterocycles. The maximum absolute atomic E-state index is 12.8. The number of hydrogen-bond donors (Lipinski definition) is 2. The first-order chi connectivity index (χ1) is 10.2. The van der Waals surface area contributed by atoms with E-state index in [9.17, 15) is 4.79 Å². The highest BCUT2D eigenvalue weighted by molar-refractivity contribution is 6.09. The summed E-state index contributed by atoms with van der Waals surface area (Å²) < 4.78 is 0. The van der Waals surface area contributed by atoms with Gasteiger partial charge in [0.1, 0.15) is 5.82 Å². The summed E-state index contributed by atoms with van der Waals surface area (Å²) in [5.41, 5.74) is 3.23. The second-order valence-electron chi connectivity index (χ2n) is 5.50. The molecule has 21 heavy (non-hydrogen) atoms. The van der Waals surface area contributed by atoms with Crippen LogP contribution in [0.15, 0.2) is 30.5 Å². The molecule has 1 aliphatic carbocycles. The van der Waals surface area contributed by atoms with Gasteiger partial charge in [-0.25, -0.2) is 10.8 Å². The van der Waals surface area contributed by atoms with Crippen LogP contribution < -0.4 is 11.3 Å². The Morgan fingerprint density at radius 3 is 2.71 bits per heavy atom. The van der Waals surface area contributed by atoms with E-state index in [0.29, 0.717) is 17.3 Å².